The maximum Gasteiger partial charge on any atom is 0.434 e. The Hall–Kier alpha value is -2.84. The highest BCUT2D eigenvalue weighted by atomic mass is 19.4. The van der Waals surface area contributed by atoms with Crippen molar-refractivity contribution >= 4 is 11.9 Å². The van der Waals surface area contributed by atoms with E-state index >= 15 is 0 Å². The summed E-state index contributed by atoms with van der Waals surface area (Å²) < 4.78 is 41.3. The number of aromatic nitrogens is 2. The van der Waals surface area contributed by atoms with Gasteiger partial charge in [0.1, 0.15) is 0 Å². The minimum Gasteiger partial charge on any atom is -0.481 e. The number of nitrogens with zero attached hydrogens (tertiary/aromatic N) is 2. The van der Waals surface area contributed by atoms with Gasteiger partial charge in [-0.15, -0.1) is 0 Å². The fourth-order valence-electron chi connectivity index (χ4n) is 2.48. The molecule has 26 heavy (non-hydrogen) atoms. The number of carbonyl (C=O) groups excluding carboxylic acids is 1. The van der Waals surface area contributed by atoms with E-state index in [2.05, 4.69) is 10.4 Å². The van der Waals surface area contributed by atoms with Gasteiger partial charge in [0.15, 0.2) is 5.69 Å². The van der Waals surface area contributed by atoms with Crippen LogP contribution in [0.2, 0.25) is 0 Å². The second-order valence-corrected chi connectivity index (χ2v) is 6.07. The first-order chi connectivity index (χ1) is 12.1. The number of carboxylic acids is 1. The van der Waals surface area contributed by atoms with Gasteiger partial charge in [0.25, 0.3) is 5.91 Å². The molecule has 2 N–H and O–H groups in total. The Morgan fingerprint density at radius 2 is 2.04 bits per heavy atom. The van der Waals surface area contributed by atoms with Gasteiger partial charge in [0.2, 0.25) is 0 Å². The molecule has 0 saturated heterocycles. The molecule has 6 nitrogen and oxygen atoms in total. The van der Waals surface area contributed by atoms with Crippen molar-refractivity contribution in [3.63, 3.8) is 0 Å². The highest BCUT2D eigenvalue weighted by Crippen LogP contribution is 2.33. The number of rotatable bonds is 6. The summed E-state index contributed by atoms with van der Waals surface area (Å²) in [5, 5.41) is 14.8. The number of nitrogens with one attached hydrogen (secondary N) is 1. The molecule has 2 rings (SSSR count). The highest BCUT2D eigenvalue weighted by molar-refractivity contribution is 5.95. The molecule has 9 heteroatoms. The first-order valence-electron chi connectivity index (χ1n) is 7.82. The average molecular weight is 369 g/mol. The van der Waals surface area contributed by atoms with Crippen molar-refractivity contribution in [3.05, 3.63) is 47.3 Å². The van der Waals surface area contributed by atoms with E-state index in [0.29, 0.717) is 4.68 Å². The normalized spacial score (nSPS) is 12.7. The van der Waals surface area contributed by atoms with Crippen LogP contribution in [0.3, 0.4) is 0 Å². The van der Waals surface area contributed by atoms with Crippen LogP contribution < -0.4 is 5.32 Å². The molecule has 1 amide bonds. The lowest BCUT2D eigenvalue weighted by Crippen LogP contribution is -2.31. The average Bonchev–Trinajstić information content (AvgIpc) is 2.97. The molecule has 0 fully saturated rings. The third-order valence-corrected chi connectivity index (χ3v) is 3.66. The van der Waals surface area contributed by atoms with E-state index < -0.39 is 35.2 Å². The Kier molecular flexibility index (Phi) is 5.69. The number of benzene rings is 1. The van der Waals surface area contributed by atoms with Gasteiger partial charge >= 0.3 is 12.1 Å². The Balaban J connectivity index is 2.32. The first-order valence-corrected chi connectivity index (χ1v) is 7.82. The van der Waals surface area contributed by atoms with E-state index in [9.17, 15) is 22.8 Å². The predicted octanol–water partition coefficient (Wildman–Crippen LogP) is 3.04. The van der Waals surface area contributed by atoms with Crippen molar-refractivity contribution in [2.24, 2.45) is 5.92 Å². The minimum atomic E-state index is -4.79. The monoisotopic (exact) mass is 369 g/mol. The second-order valence-electron chi connectivity index (χ2n) is 6.07. The molecule has 0 radical (unpaired) electrons. The Bertz CT molecular complexity index is 815. The van der Waals surface area contributed by atoms with Crippen LogP contribution >= 0.6 is 0 Å². The highest BCUT2D eigenvalue weighted by Gasteiger charge is 2.40. The summed E-state index contributed by atoms with van der Waals surface area (Å²) >= 11 is 0. The Morgan fingerprint density at radius 3 is 2.62 bits per heavy atom. The van der Waals surface area contributed by atoms with Crippen LogP contribution in [0.15, 0.2) is 30.5 Å². The van der Waals surface area contributed by atoms with Gasteiger partial charge in [-0.05, 0) is 30.5 Å². The fourth-order valence-corrected chi connectivity index (χ4v) is 2.48. The molecule has 1 aromatic heterocycles. The topological polar surface area (TPSA) is 84.2 Å². The lowest BCUT2D eigenvalue weighted by atomic mass is 10.1. The molecule has 0 saturated carbocycles. The van der Waals surface area contributed by atoms with Crippen LogP contribution in [0, 0.1) is 12.8 Å². The summed E-state index contributed by atoms with van der Waals surface area (Å²) in [6, 6.07) is 6.32. The number of alkyl halides is 3. The third kappa shape index (κ3) is 4.62. The molecule has 1 heterocycles. The van der Waals surface area contributed by atoms with Crippen LogP contribution in [0.4, 0.5) is 13.2 Å². The van der Waals surface area contributed by atoms with Gasteiger partial charge in [-0.25, -0.2) is 4.68 Å². The molecule has 1 atom stereocenters. The quantitative estimate of drug-likeness (QED) is 0.820. The van der Waals surface area contributed by atoms with Crippen LogP contribution in [-0.2, 0) is 11.0 Å². The molecular weight excluding hydrogens is 351 g/mol. The van der Waals surface area contributed by atoms with Crippen molar-refractivity contribution in [2.75, 3.05) is 6.54 Å². The third-order valence-electron chi connectivity index (χ3n) is 3.66. The summed E-state index contributed by atoms with van der Waals surface area (Å²) in [6.45, 7) is 3.25. The van der Waals surface area contributed by atoms with Crippen LogP contribution in [0.1, 0.15) is 35.0 Å². The van der Waals surface area contributed by atoms with E-state index in [0.717, 1.165) is 11.8 Å². The van der Waals surface area contributed by atoms with Crippen molar-refractivity contribution in [3.8, 4) is 5.69 Å². The van der Waals surface area contributed by atoms with E-state index in [1.54, 1.807) is 26.0 Å². The van der Waals surface area contributed by atoms with Crippen molar-refractivity contribution < 1.29 is 27.9 Å². The second kappa shape index (κ2) is 7.59. The van der Waals surface area contributed by atoms with Gasteiger partial charge in [0.05, 0.1) is 17.4 Å². The zero-order valence-corrected chi connectivity index (χ0v) is 14.2. The van der Waals surface area contributed by atoms with E-state index in [-0.39, 0.29) is 18.7 Å². The number of aryl methyl sites for hydroxylation is 1. The van der Waals surface area contributed by atoms with Gasteiger partial charge in [-0.2, -0.15) is 18.3 Å². The maximum absolute atomic E-state index is 13.5. The smallest absolute Gasteiger partial charge is 0.434 e. The number of halogens is 3. The zero-order valence-electron chi connectivity index (χ0n) is 14.2. The molecule has 140 valence electrons. The Labute approximate surface area is 147 Å². The minimum absolute atomic E-state index is 0.0575. The molecule has 0 spiro atoms. The molecule has 0 aliphatic carbocycles. The number of hydrogen-bond donors (Lipinski definition) is 2. The van der Waals surface area contributed by atoms with E-state index in [1.165, 1.54) is 12.1 Å². The molecule has 0 bridgehead atoms. The largest absolute Gasteiger partial charge is 0.481 e. The number of amides is 1. The van der Waals surface area contributed by atoms with E-state index in [1.807, 2.05) is 0 Å². The predicted molar refractivity (Wildman–Crippen MR) is 87.1 cm³/mol. The lowest BCUT2D eigenvalue weighted by Gasteiger charge is -2.14. The van der Waals surface area contributed by atoms with Crippen molar-refractivity contribution in [2.45, 2.75) is 26.4 Å². The number of carbonyl (C=O) groups is 2. The molecule has 1 unspecified atom stereocenters. The summed E-state index contributed by atoms with van der Waals surface area (Å²) in [5.74, 6) is -2.42. The van der Waals surface area contributed by atoms with Gasteiger partial charge in [-0.3, -0.25) is 9.59 Å². The summed E-state index contributed by atoms with van der Waals surface area (Å²) in [5.41, 5.74) is -0.844. The van der Waals surface area contributed by atoms with Crippen LogP contribution in [-0.4, -0.2) is 33.3 Å². The molecule has 0 aliphatic rings. The molecule has 1 aromatic carbocycles. The SMILES string of the molecule is Cc1cccc(-n2ncc(C(=O)NCC(C)CC(=O)O)c2C(F)(F)F)c1. The van der Waals surface area contributed by atoms with Crippen LogP contribution in [0.25, 0.3) is 5.69 Å². The Morgan fingerprint density at radius 1 is 1.35 bits per heavy atom. The fraction of sp³-hybridized carbons (Fsp3) is 0.353. The number of aliphatic carboxylic acids is 1. The number of hydrogen-bond acceptors (Lipinski definition) is 3. The summed E-state index contributed by atoms with van der Waals surface area (Å²) in [4.78, 5) is 22.8. The maximum atomic E-state index is 13.5. The molecular formula is C17H18F3N3O3. The summed E-state index contributed by atoms with van der Waals surface area (Å²) in [6.07, 6.45) is -4.13. The lowest BCUT2D eigenvalue weighted by molar-refractivity contribution is -0.143. The van der Waals surface area contributed by atoms with Gasteiger partial charge in [0, 0.05) is 13.0 Å². The summed E-state index contributed by atoms with van der Waals surface area (Å²) in [7, 11) is 0. The molecule has 2 aromatic rings. The number of carboxylic acid groups (broad SMARTS) is 1. The van der Waals surface area contributed by atoms with Crippen LogP contribution in [0.5, 0.6) is 0 Å². The van der Waals surface area contributed by atoms with Crippen molar-refractivity contribution in [1.82, 2.24) is 15.1 Å². The van der Waals surface area contributed by atoms with Crippen molar-refractivity contribution in [1.29, 1.82) is 0 Å². The molecule has 0 aliphatic heterocycles. The first kappa shape index (κ1) is 19.5. The van der Waals surface area contributed by atoms with Gasteiger partial charge in [-0.1, -0.05) is 19.1 Å². The zero-order chi connectivity index (χ0) is 19.5. The van der Waals surface area contributed by atoms with Gasteiger partial charge < -0.3 is 10.4 Å². The standard InChI is InChI=1S/C17H18F3N3O3/c1-10-4-3-5-12(6-10)23-15(17(18,19)20)13(9-22-23)16(26)21-8-11(2)7-14(24)25/h3-6,9,11H,7-8H2,1-2H3,(H,21,26)(H,24,25). The van der Waals surface area contributed by atoms with E-state index in [4.69, 9.17) is 5.11 Å².